The first kappa shape index (κ1) is 27.1. The molecule has 40 heavy (non-hydrogen) atoms. The zero-order chi connectivity index (χ0) is 28.1. The lowest BCUT2D eigenvalue weighted by atomic mass is 10.0. The molecule has 1 N–H and O–H groups in total. The second-order valence-corrected chi connectivity index (χ2v) is 9.34. The van der Waals surface area contributed by atoms with Crippen LogP contribution in [0.15, 0.2) is 66.7 Å². The first-order valence-electron chi connectivity index (χ1n) is 13.0. The number of anilines is 1. The third kappa shape index (κ3) is 5.59. The minimum absolute atomic E-state index is 0.0629. The lowest BCUT2D eigenvalue weighted by molar-refractivity contribution is -0.127. The fourth-order valence-electron chi connectivity index (χ4n) is 4.86. The summed E-state index contributed by atoms with van der Waals surface area (Å²) in [5.74, 6) is -0.951. The van der Waals surface area contributed by atoms with Gasteiger partial charge < -0.3 is 19.5 Å². The van der Waals surface area contributed by atoms with Crippen molar-refractivity contribution in [2.45, 2.75) is 31.5 Å². The van der Waals surface area contributed by atoms with Gasteiger partial charge in [0, 0.05) is 24.8 Å². The fraction of sp³-hybridized carbons (Fsp3) is 0.310. The number of nitrogens with zero attached hydrogens (tertiary/aromatic N) is 4. The van der Waals surface area contributed by atoms with Crippen molar-refractivity contribution < 1.29 is 28.2 Å². The Hall–Kier alpha value is -4.51. The predicted molar refractivity (Wildman–Crippen MR) is 146 cm³/mol. The molecule has 0 spiro atoms. The van der Waals surface area contributed by atoms with Gasteiger partial charge in [-0.15, -0.1) is 5.10 Å². The molecule has 4 aromatic rings. The minimum atomic E-state index is -1.29. The van der Waals surface area contributed by atoms with E-state index in [1.807, 2.05) is 12.1 Å². The number of amides is 2. The second kappa shape index (κ2) is 12.1. The van der Waals surface area contributed by atoms with E-state index < -0.39 is 23.7 Å². The van der Waals surface area contributed by atoms with Crippen LogP contribution < -0.4 is 19.7 Å². The maximum absolute atomic E-state index is 15.4. The molecule has 10 nitrogen and oxygen atoms in total. The number of methoxy groups -OCH3 is 2. The van der Waals surface area contributed by atoms with Crippen molar-refractivity contribution in [1.29, 1.82) is 0 Å². The summed E-state index contributed by atoms with van der Waals surface area (Å²) in [4.78, 5) is 29.2. The van der Waals surface area contributed by atoms with Crippen LogP contribution >= 0.6 is 0 Å². The summed E-state index contributed by atoms with van der Waals surface area (Å²) in [6, 6.07) is 16.7. The number of carbonyl (C=O) groups excluding carboxylic acids is 2. The van der Waals surface area contributed by atoms with Crippen LogP contribution in [0.3, 0.4) is 0 Å². The number of benzene rings is 3. The van der Waals surface area contributed by atoms with E-state index in [1.54, 1.807) is 36.4 Å². The van der Waals surface area contributed by atoms with Gasteiger partial charge in [0.05, 0.1) is 31.5 Å². The largest absolute Gasteiger partial charge is 0.497 e. The van der Waals surface area contributed by atoms with E-state index in [2.05, 4.69) is 15.6 Å². The molecule has 1 saturated heterocycles. The molecule has 1 fully saturated rings. The highest BCUT2D eigenvalue weighted by molar-refractivity contribution is 6.02. The zero-order valence-electron chi connectivity index (χ0n) is 22.2. The van der Waals surface area contributed by atoms with Crippen LogP contribution in [0.4, 0.5) is 10.1 Å². The number of ether oxygens (including phenoxy) is 3. The molecule has 0 bridgehead atoms. The molecule has 1 aromatic heterocycles. The van der Waals surface area contributed by atoms with E-state index in [4.69, 9.17) is 14.2 Å². The molecule has 2 atom stereocenters. The molecule has 1 aliphatic heterocycles. The number of fused-ring (bicyclic) bond motifs is 1. The van der Waals surface area contributed by atoms with Gasteiger partial charge in [-0.25, -0.2) is 9.07 Å². The topological polar surface area (TPSA) is 108 Å². The highest BCUT2D eigenvalue weighted by Gasteiger charge is 2.37. The molecule has 11 heteroatoms. The molecule has 208 valence electrons. The Morgan fingerprint density at radius 1 is 1.12 bits per heavy atom. The Balaban J connectivity index is 1.60. The molecule has 0 aliphatic carbocycles. The van der Waals surface area contributed by atoms with Crippen molar-refractivity contribution >= 4 is 28.5 Å². The average Bonchev–Trinajstić information content (AvgIpc) is 3.65. The van der Waals surface area contributed by atoms with Crippen LogP contribution in [-0.4, -0.2) is 60.3 Å². The summed E-state index contributed by atoms with van der Waals surface area (Å²) in [7, 11) is 2.97. The monoisotopic (exact) mass is 547 g/mol. The quantitative estimate of drug-likeness (QED) is 0.323. The molecule has 0 unspecified atom stereocenters. The maximum atomic E-state index is 15.4. The number of hydrogen-bond donors (Lipinski definition) is 1. The number of nitrogens with one attached hydrogen (secondary N) is 1. The molecular formula is C29H30FN5O5. The normalized spacial score (nSPS) is 15.5. The number of halogens is 1. The summed E-state index contributed by atoms with van der Waals surface area (Å²) in [6.07, 6.45) is 1.58. The number of para-hydroxylation sites is 2. The van der Waals surface area contributed by atoms with Gasteiger partial charge in [-0.05, 0) is 49.2 Å². The molecule has 1 aliphatic rings. The Kier molecular flexibility index (Phi) is 8.20. The van der Waals surface area contributed by atoms with Crippen LogP contribution in [0.5, 0.6) is 11.5 Å². The van der Waals surface area contributed by atoms with E-state index in [9.17, 15) is 9.59 Å². The van der Waals surface area contributed by atoms with Crippen LogP contribution in [0.25, 0.3) is 11.0 Å². The van der Waals surface area contributed by atoms with Gasteiger partial charge >= 0.3 is 0 Å². The first-order chi connectivity index (χ1) is 19.5. The predicted octanol–water partition coefficient (Wildman–Crippen LogP) is 3.66. The van der Waals surface area contributed by atoms with Crippen molar-refractivity contribution in [3.8, 4) is 11.5 Å². The number of carbonyl (C=O) groups is 2. The summed E-state index contributed by atoms with van der Waals surface area (Å²) >= 11 is 0. The van der Waals surface area contributed by atoms with Crippen LogP contribution in [0.1, 0.15) is 24.4 Å². The SMILES string of the molecule is COc1ccc([C@@H](C(=O)NC[C@H]2CCCO2)N(C(=O)Cn2nnc3ccccc32)c2ccccc2F)c(OC)c1. The molecule has 2 amide bonds. The highest BCUT2D eigenvalue weighted by Crippen LogP contribution is 2.37. The second-order valence-electron chi connectivity index (χ2n) is 9.34. The fourth-order valence-corrected chi connectivity index (χ4v) is 4.86. The summed E-state index contributed by atoms with van der Waals surface area (Å²) in [5.41, 5.74) is 1.53. The number of aromatic nitrogens is 3. The van der Waals surface area contributed by atoms with Crippen molar-refractivity contribution in [3.05, 3.63) is 78.1 Å². The van der Waals surface area contributed by atoms with Crippen molar-refractivity contribution in [2.24, 2.45) is 0 Å². The molecule has 0 radical (unpaired) electrons. The van der Waals surface area contributed by atoms with Gasteiger partial charge in [0.1, 0.15) is 35.4 Å². The van der Waals surface area contributed by atoms with Gasteiger partial charge in [-0.3, -0.25) is 14.5 Å². The van der Waals surface area contributed by atoms with Crippen LogP contribution in [-0.2, 0) is 20.9 Å². The van der Waals surface area contributed by atoms with Gasteiger partial charge in [-0.1, -0.05) is 29.5 Å². The van der Waals surface area contributed by atoms with Crippen molar-refractivity contribution in [2.75, 3.05) is 32.3 Å². The van der Waals surface area contributed by atoms with Gasteiger partial charge in [0.15, 0.2) is 0 Å². The maximum Gasteiger partial charge on any atom is 0.249 e. The lowest BCUT2D eigenvalue weighted by Gasteiger charge is -2.32. The lowest BCUT2D eigenvalue weighted by Crippen LogP contribution is -2.47. The molecular weight excluding hydrogens is 517 g/mol. The Morgan fingerprint density at radius 2 is 1.93 bits per heavy atom. The van der Waals surface area contributed by atoms with Crippen molar-refractivity contribution in [1.82, 2.24) is 20.3 Å². The third-order valence-corrected chi connectivity index (χ3v) is 6.86. The molecule has 0 saturated carbocycles. The Morgan fingerprint density at radius 3 is 2.67 bits per heavy atom. The van der Waals surface area contributed by atoms with E-state index >= 15 is 4.39 Å². The highest BCUT2D eigenvalue weighted by atomic mass is 19.1. The summed E-state index contributed by atoms with van der Waals surface area (Å²) in [6.45, 7) is 0.589. The standard InChI is InChI=1S/C29H30FN5O5/c1-38-19-13-14-21(26(16-19)39-2)28(29(37)31-17-20-8-7-15-40-20)35(24-11-5-3-9-22(24)30)27(36)18-34-25-12-6-4-10-23(25)32-33-34/h3-6,9-14,16,20,28H,7-8,15,17-18H2,1-2H3,(H,31,37)/t20-,28+/m1/s1. The van der Waals surface area contributed by atoms with Crippen LogP contribution in [0.2, 0.25) is 0 Å². The van der Waals surface area contributed by atoms with E-state index in [1.165, 1.54) is 37.1 Å². The first-order valence-corrected chi connectivity index (χ1v) is 13.0. The number of hydrogen-bond acceptors (Lipinski definition) is 7. The average molecular weight is 548 g/mol. The van der Waals surface area contributed by atoms with E-state index in [0.29, 0.717) is 34.7 Å². The summed E-state index contributed by atoms with van der Waals surface area (Å²) in [5, 5.41) is 11.2. The Bertz CT molecular complexity index is 1500. The third-order valence-electron chi connectivity index (χ3n) is 6.86. The molecule has 2 heterocycles. The Labute approximate surface area is 230 Å². The van der Waals surface area contributed by atoms with Gasteiger partial charge in [0.25, 0.3) is 0 Å². The van der Waals surface area contributed by atoms with E-state index in [-0.39, 0.29) is 24.9 Å². The molecule has 3 aromatic carbocycles. The van der Waals surface area contributed by atoms with Crippen molar-refractivity contribution in [3.63, 3.8) is 0 Å². The van der Waals surface area contributed by atoms with Gasteiger partial charge in [0.2, 0.25) is 11.8 Å². The smallest absolute Gasteiger partial charge is 0.249 e. The van der Waals surface area contributed by atoms with Gasteiger partial charge in [-0.2, -0.15) is 0 Å². The summed E-state index contributed by atoms with van der Waals surface area (Å²) < 4.78 is 33.4. The number of rotatable bonds is 10. The zero-order valence-corrected chi connectivity index (χ0v) is 22.2. The van der Waals surface area contributed by atoms with Crippen LogP contribution in [0, 0.1) is 5.82 Å². The molecule has 5 rings (SSSR count). The van der Waals surface area contributed by atoms with E-state index in [0.717, 1.165) is 17.7 Å². The minimum Gasteiger partial charge on any atom is -0.497 e.